The molecule has 1 aromatic carbocycles. The summed E-state index contributed by atoms with van der Waals surface area (Å²) in [6, 6.07) is 8.87. The van der Waals surface area contributed by atoms with Crippen molar-refractivity contribution in [2.75, 3.05) is 32.8 Å². The third-order valence-electron chi connectivity index (χ3n) is 5.86. The van der Waals surface area contributed by atoms with Crippen LogP contribution in [0.2, 0.25) is 0 Å². The number of aliphatic imine (C=N–C) groups is 1. The molecule has 0 aliphatic carbocycles. The molecule has 0 saturated carbocycles. The molecule has 1 aliphatic rings. The highest BCUT2D eigenvalue weighted by Crippen LogP contribution is 2.14. The molecule has 1 fully saturated rings. The van der Waals surface area contributed by atoms with E-state index in [1.54, 1.807) is 0 Å². The van der Waals surface area contributed by atoms with E-state index in [4.69, 9.17) is 9.73 Å². The zero-order chi connectivity index (χ0) is 22.6. The molecule has 2 heterocycles. The fraction of sp³-hybridized carbons (Fsp3) is 0.625. The first-order chi connectivity index (χ1) is 15.7. The molecule has 0 amide bonds. The number of aryl methyl sites for hydroxylation is 1. The number of likely N-dealkylation sites (tertiary alicyclic amines) is 1. The molecule has 2 aromatic rings. The minimum Gasteiger partial charge on any atom is -0.382 e. The van der Waals surface area contributed by atoms with Gasteiger partial charge >= 0.3 is 0 Å². The Kier molecular flexibility index (Phi) is 12.7. The molecule has 2 N–H and O–H groups in total. The number of ether oxygens (including phenoxy) is 1. The van der Waals surface area contributed by atoms with E-state index >= 15 is 0 Å². The van der Waals surface area contributed by atoms with Crippen LogP contribution in [0.15, 0.2) is 29.3 Å². The number of guanidine groups is 1. The Morgan fingerprint density at radius 2 is 1.79 bits per heavy atom. The highest BCUT2D eigenvalue weighted by Gasteiger charge is 2.10. The first-order valence-corrected chi connectivity index (χ1v) is 11.9. The van der Waals surface area contributed by atoms with Gasteiger partial charge in [0, 0.05) is 33.4 Å². The van der Waals surface area contributed by atoms with Gasteiger partial charge in [-0.3, -0.25) is 4.90 Å². The fourth-order valence-electron chi connectivity index (χ4n) is 3.76. The zero-order valence-corrected chi connectivity index (χ0v) is 22.7. The largest absolute Gasteiger partial charge is 0.382 e. The lowest BCUT2D eigenvalue weighted by atomic mass is 10.1. The predicted molar refractivity (Wildman–Crippen MR) is 144 cm³/mol. The van der Waals surface area contributed by atoms with E-state index in [1.807, 2.05) is 25.5 Å². The molecular formula is C24H40IN7O. The summed E-state index contributed by atoms with van der Waals surface area (Å²) in [6.45, 7) is 11.0. The van der Waals surface area contributed by atoms with Crippen molar-refractivity contribution in [3.8, 4) is 0 Å². The minimum absolute atomic E-state index is 0. The van der Waals surface area contributed by atoms with Crippen molar-refractivity contribution in [3.63, 3.8) is 0 Å². The van der Waals surface area contributed by atoms with E-state index in [-0.39, 0.29) is 24.0 Å². The highest BCUT2D eigenvalue weighted by atomic mass is 127. The number of piperidine rings is 1. The smallest absolute Gasteiger partial charge is 0.191 e. The van der Waals surface area contributed by atoms with E-state index in [9.17, 15) is 0 Å². The minimum atomic E-state index is 0. The van der Waals surface area contributed by atoms with Crippen molar-refractivity contribution in [2.24, 2.45) is 12.0 Å². The van der Waals surface area contributed by atoms with E-state index in [1.165, 1.54) is 43.5 Å². The summed E-state index contributed by atoms with van der Waals surface area (Å²) in [4.78, 5) is 7.35. The molecular weight excluding hydrogens is 529 g/mol. The standard InChI is InChI=1S/C24H39N7O.HI/c1-4-32-16-8-13-25-24(27-18-23-29-28-20(2)30(23)3)26-17-21-9-11-22(12-10-21)19-31-14-6-5-7-15-31;/h9-12H,4-8,13-19H2,1-3H3,(H2,25,26,27);1H. The van der Waals surface area contributed by atoms with Crippen LogP contribution < -0.4 is 10.6 Å². The second-order valence-corrected chi connectivity index (χ2v) is 8.37. The third kappa shape index (κ3) is 9.58. The Hall–Kier alpha value is -1.72. The number of halogens is 1. The number of aromatic nitrogens is 3. The highest BCUT2D eigenvalue weighted by molar-refractivity contribution is 14.0. The molecule has 1 aliphatic heterocycles. The Labute approximate surface area is 215 Å². The number of rotatable bonds is 11. The summed E-state index contributed by atoms with van der Waals surface area (Å²) in [5, 5.41) is 15.1. The average Bonchev–Trinajstić information content (AvgIpc) is 3.14. The molecule has 0 spiro atoms. The summed E-state index contributed by atoms with van der Waals surface area (Å²) in [7, 11) is 1.98. The van der Waals surface area contributed by atoms with Gasteiger partial charge in [0.2, 0.25) is 0 Å². The normalized spacial score (nSPS) is 14.7. The van der Waals surface area contributed by atoms with Crippen molar-refractivity contribution >= 4 is 29.9 Å². The van der Waals surface area contributed by atoms with Gasteiger partial charge in [0.05, 0.1) is 13.1 Å². The van der Waals surface area contributed by atoms with Crippen molar-refractivity contribution in [1.82, 2.24) is 30.3 Å². The molecule has 3 rings (SSSR count). The second kappa shape index (κ2) is 15.2. The van der Waals surface area contributed by atoms with Gasteiger partial charge in [0.1, 0.15) is 5.82 Å². The summed E-state index contributed by atoms with van der Waals surface area (Å²) in [5.74, 6) is 2.56. The van der Waals surface area contributed by atoms with Crippen LogP contribution >= 0.6 is 24.0 Å². The third-order valence-corrected chi connectivity index (χ3v) is 5.86. The monoisotopic (exact) mass is 569 g/mol. The van der Waals surface area contributed by atoms with E-state index in [2.05, 4.69) is 50.0 Å². The second-order valence-electron chi connectivity index (χ2n) is 8.37. The lowest BCUT2D eigenvalue weighted by Gasteiger charge is -2.26. The van der Waals surface area contributed by atoms with Crippen LogP contribution in [-0.4, -0.2) is 58.5 Å². The Morgan fingerprint density at radius 3 is 2.45 bits per heavy atom. The number of hydrogen-bond donors (Lipinski definition) is 2. The maximum absolute atomic E-state index is 5.43. The molecule has 9 heteroatoms. The van der Waals surface area contributed by atoms with Crippen LogP contribution in [-0.2, 0) is 31.4 Å². The van der Waals surface area contributed by atoms with Gasteiger partial charge in [0.25, 0.3) is 0 Å². The van der Waals surface area contributed by atoms with Crippen molar-refractivity contribution in [2.45, 2.75) is 59.2 Å². The maximum atomic E-state index is 5.43. The molecule has 184 valence electrons. The van der Waals surface area contributed by atoms with Crippen molar-refractivity contribution in [1.29, 1.82) is 0 Å². The lowest BCUT2D eigenvalue weighted by molar-refractivity contribution is 0.145. The first kappa shape index (κ1) is 27.5. The van der Waals surface area contributed by atoms with E-state index < -0.39 is 0 Å². The van der Waals surface area contributed by atoms with Crippen LogP contribution in [0.1, 0.15) is 55.4 Å². The lowest BCUT2D eigenvalue weighted by Crippen LogP contribution is -2.38. The van der Waals surface area contributed by atoms with Crippen LogP contribution in [0.4, 0.5) is 0 Å². The van der Waals surface area contributed by atoms with Gasteiger partial charge in [-0.05, 0) is 57.3 Å². The Balaban J connectivity index is 0.00000385. The van der Waals surface area contributed by atoms with Gasteiger partial charge in [0.15, 0.2) is 11.8 Å². The van der Waals surface area contributed by atoms with Crippen molar-refractivity contribution < 1.29 is 4.74 Å². The molecule has 1 saturated heterocycles. The summed E-state index contributed by atoms with van der Waals surface area (Å²) in [5.41, 5.74) is 2.59. The molecule has 8 nitrogen and oxygen atoms in total. The van der Waals surface area contributed by atoms with Gasteiger partial charge in [-0.2, -0.15) is 0 Å². The van der Waals surface area contributed by atoms with Crippen molar-refractivity contribution in [3.05, 3.63) is 47.0 Å². The first-order valence-electron chi connectivity index (χ1n) is 11.9. The molecule has 33 heavy (non-hydrogen) atoms. The van der Waals surface area contributed by atoms with Crippen LogP contribution in [0.25, 0.3) is 0 Å². The molecule has 0 radical (unpaired) electrons. The number of hydrogen-bond acceptors (Lipinski definition) is 5. The fourth-order valence-corrected chi connectivity index (χ4v) is 3.76. The SMILES string of the molecule is CCOCCCNC(=NCc1ccc(CN2CCCCC2)cc1)NCc1nnc(C)n1C.I. The average molecular weight is 570 g/mol. The quantitative estimate of drug-likeness (QED) is 0.187. The van der Waals surface area contributed by atoms with Gasteiger partial charge < -0.3 is 19.9 Å². The molecule has 0 atom stereocenters. The topological polar surface area (TPSA) is 79.6 Å². The van der Waals surface area contributed by atoms with Gasteiger partial charge in [-0.25, -0.2) is 4.99 Å². The zero-order valence-electron chi connectivity index (χ0n) is 20.3. The summed E-state index contributed by atoms with van der Waals surface area (Å²) >= 11 is 0. The number of nitrogens with one attached hydrogen (secondary N) is 2. The summed E-state index contributed by atoms with van der Waals surface area (Å²) in [6.07, 6.45) is 4.96. The maximum Gasteiger partial charge on any atom is 0.191 e. The Morgan fingerprint density at radius 1 is 1.06 bits per heavy atom. The Bertz CT molecular complexity index is 832. The molecule has 0 bridgehead atoms. The number of nitrogens with zero attached hydrogens (tertiary/aromatic N) is 5. The van der Waals surface area contributed by atoms with Crippen LogP contribution in [0.3, 0.4) is 0 Å². The van der Waals surface area contributed by atoms with Crippen LogP contribution in [0, 0.1) is 6.92 Å². The van der Waals surface area contributed by atoms with E-state index in [0.29, 0.717) is 13.1 Å². The van der Waals surface area contributed by atoms with E-state index in [0.717, 1.165) is 50.3 Å². The summed E-state index contributed by atoms with van der Waals surface area (Å²) < 4.78 is 7.42. The number of benzene rings is 1. The van der Waals surface area contributed by atoms with Gasteiger partial charge in [-0.1, -0.05) is 30.7 Å². The predicted octanol–water partition coefficient (Wildman–Crippen LogP) is 3.39. The molecule has 1 aromatic heterocycles. The van der Waals surface area contributed by atoms with Gasteiger partial charge in [-0.15, -0.1) is 34.2 Å². The van der Waals surface area contributed by atoms with Crippen LogP contribution in [0.5, 0.6) is 0 Å². The molecule has 0 unspecified atom stereocenters.